The summed E-state index contributed by atoms with van der Waals surface area (Å²) in [4.78, 5) is 2.48. The van der Waals surface area contributed by atoms with Gasteiger partial charge in [0.1, 0.15) is 0 Å². The van der Waals surface area contributed by atoms with Crippen molar-refractivity contribution >= 4 is 0 Å². The quantitative estimate of drug-likeness (QED) is 0.593. The minimum Gasteiger partial charge on any atom is -0.383 e. The van der Waals surface area contributed by atoms with Crippen molar-refractivity contribution in [3.63, 3.8) is 0 Å². The van der Waals surface area contributed by atoms with Crippen LogP contribution in [0, 0.1) is 0 Å². The molecular formula is C11H24N2O2. The maximum Gasteiger partial charge on any atom is 0.0594 e. The summed E-state index contributed by atoms with van der Waals surface area (Å²) in [5.74, 6) is 0. The highest BCUT2D eigenvalue weighted by Gasteiger charge is 2.08. The topological polar surface area (TPSA) is 33.7 Å². The van der Waals surface area contributed by atoms with Crippen molar-refractivity contribution in [2.75, 3.05) is 59.7 Å². The average Bonchev–Trinajstić information content (AvgIpc) is 2.29. The first-order chi connectivity index (χ1) is 7.43. The molecule has 0 aromatic carbocycles. The molecule has 1 heterocycles. The Labute approximate surface area is 92.9 Å². The highest BCUT2D eigenvalue weighted by Crippen LogP contribution is 1.99. The van der Waals surface area contributed by atoms with E-state index in [4.69, 9.17) is 9.47 Å². The fourth-order valence-electron chi connectivity index (χ4n) is 1.71. The van der Waals surface area contributed by atoms with Gasteiger partial charge in [-0.2, -0.15) is 0 Å². The van der Waals surface area contributed by atoms with Crippen molar-refractivity contribution in [2.24, 2.45) is 0 Å². The second-order valence-corrected chi connectivity index (χ2v) is 3.90. The highest BCUT2D eigenvalue weighted by molar-refractivity contribution is 4.61. The van der Waals surface area contributed by atoms with Crippen LogP contribution in [-0.4, -0.2) is 64.6 Å². The molecule has 15 heavy (non-hydrogen) atoms. The lowest BCUT2D eigenvalue weighted by atomic mass is 10.2. The van der Waals surface area contributed by atoms with E-state index in [0.29, 0.717) is 0 Å². The van der Waals surface area contributed by atoms with E-state index < -0.39 is 0 Å². The van der Waals surface area contributed by atoms with Gasteiger partial charge in [0.25, 0.3) is 0 Å². The lowest BCUT2D eigenvalue weighted by molar-refractivity contribution is 0.0372. The normalized spacial score (nSPS) is 18.2. The van der Waals surface area contributed by atoms with E-state index >= 15 is 0 Å². The third kappa shape index (κ3) is 6.84. The first-order valence-electron chi connectivity index (χ1n) is 5.93. The molecule has 90 valence electrons. The van der Waals surface area contributed by atoms with Gasteiger partial charge in [-0.1, -0.05) is 0 Å². The number of unbranched alkanes of at least 4 members (excludes halogenated alkanes) is 1. The number of morpholine rings is 1. The van der Waals surface area contributed by atoms with Gasteiger partial charge >= 0.3 is 0 Å². The van der Waals surface area contributed by atoms with Crippen LogP contribution in [-0.2, 0) is 9.47 Å². The maximum atomic E-state index is 5.30. The molecule has 1 aliphatic heterocycles. The fraction of sp³-hybridized carbons (Fsp3) is 1.00. The number of nitrogens with zero attached hydrogens (tertiary/aromatic N) is 1. The molecule has 0 unspecified atom stereocenters. The van der Waals surface area contributed by atoms with Crippen LogP contribution in [0.4, 0.5) is 0 Å². The van der Waals surface area contributed by atoms with E-state index in [2.05, 4.69) is 10.2 Å². The largest absolute Gasteiger partial charge is 0.383 e. The molecule has 0 aliphatic carbocycles. The van der Waals surface area contributed by atoms with Gasteiger partial charge in [-0.05, 0) is 25.9 Å². The van der Waals surface area contributed by atoms with E-state index in [0.717, 1.165) is 46.0 Å². The SMILES string of the molecule is COCCNCCCCN1CCOCC1. The van der Waals surface area contributed by atoms with Crippen LogP contribution in [0.15, 0.2) is 0 Å². The van der Waals surface area contributed by atoms with E-state index in [1.165, 1.54) is 19.4 Å². The van der Waals surface area contributed by atoms with E-state index in [9.17, 15) is 0 Å². The standard InChI is InChI=1S/C11H24N2O2/c1-14-9-5-12-4-2-3-6-13-7-10-15-11-8-13/h12H,2-11H2,1H3. The number of hydrogen-bond acceptors (Lipinski definition) is 4. The Morgan fingerprint density at radius 3 is 2.73 bits per heavy atom. The van der Waals surface area contributed by atoms with Crippen LogP contribution in [0.25, 0.3) is 0 Å². The molecule has 0 bridgehead atoms. The molecular weight excluding hydrogens is 192 g/mol. The van der Waals surface area contributed by atoms with Crippen molar-refractivity contribution < 1.29 is 9.47 Å². The van der Waals surface area contributed by atoms with Gasteiger partial charge in [-0.15, -0.1) is 0 Å². The first kappa shape index (κ1) is 12.9. The lowest BCUT2D eigenvalue weighted by Crippen LogP contribution is -2.37. The molecule has 1 rings (SSSR count). The summed E-state index contributed by atoms with van der Waals surface area (Å²) in [5, 5.41) is 3.36. The second kappa shape index (κ2) is 9.09. The molecule has 1 fully saturated rings. The minimum absolute atomic E-state index is 0.809. The van der Waals surface area contributed by atoms with Crippen LogP contribution >= 0.6 is 0 Å². The molecule has 1 saturated heterocycles. The van der Waals surface area contributed by atoms with E-state index in [1.54, 1.807) is 7.11 Å². The molecule has 0 saturated carbocycles. The van der Waals surface area contributed by atoms with Crippen LogP contribution in [0.5, 0.6) is 0 Å². The van der Waals surface area contributed by atoms with Crippen LogP contribution in [0.1, 0.15) is 12.8 Å². The third-order valence-corrected chi connectivity index (χ3v) is 2.66. The van der Waals surface area contributed by atoms with Gasteiger partial charge in [0.15, 0.2) is 0 Å². The zero-order chi connectivity index (χ0) is 10.8. The molecule has 0 aromatic heterocycles. The molecule has 0 amide bonds. The highest BCUT2D eigenvalue weighted by atomic mass is 16.5. The molecule has 0 radical (unpaired) electrons. The summed E-state index contributed by atoms with van der Waals surface area (Å²) in [7, 11) is 1.74. The Morgan fingerprint density at radius 2 is 2.00 bits per heavy atom. The summed E-state index contributed by atoms with van der Waals surface area (Å²) < 4.78 is 10.3. The first-order valence-corrected chi connectivity index (χ1v) is 5.93. The second-order valence-electron chi connectivity index (χ2n) is 3.90. The molecule has 1 N–H and O–H groups in total. The molecule has 1 aliphatic rings. The summed E-state index contributed by atoms with van der Waals surface area (Å²) in [6, 6.07) is 0. The number of nitrogens with one attached hydrogen (secondary N) is 1. The summed E-state index contributed by atoms with van der Waals surface area (Å²) in [5.41, 5.74) is 0. The molecule has 4 nitrogen and oxygen atoms in total. The minimum atomic E-state index is 0.809. The molecule has 4 heteroatoms. The van der Waals surface area contributed by atoms with Crippen LogP contribution in [0.3, 0.4) is 0 Å². The zero-order valence-electron chi connectivity index (χ0n) is 9.83. The number of methoxy groups -OCH3 is 1. The van der Waals surface area contributed by atoms with E-state index in [-0.39, 0.29) is 0 Å². The Morgan fingerprint density at radius 1 is 1.20 bits per heavy atom. The Bertz CT molecular complexity index is 139. The molecule has 0 aromatic rings. The van der Waals surface area contributed by atoms with Gasteiger partial charge in [0, 0.05) is 26.7 Å². The van der Waals surface area contributed by atoms with Gasteiger partial charge in [-0.3, -0.25) is 4.90 Å². The molecule has 0 spiro atoms. The smallest absolute Gasteiger partial charge is 0.0594 e. The predicted molar refractivity (Wildman–Crippen MR) is 61.2 cm³/mol. The van der Waals surface area contributed by atoms with Crippen molar-refractivity contribution in [3.05, 3.63) is 0 Å². The van der Waals surface area contributed by atoms with Crippen molar-refractivity contribution in [1.29, 1.82) is 0 Å². The third-order valence-electron chi connectivity index (χ3n) is 2.66. The number of ether oxygens (including phenoxy) is 2. The van der Waals surface area contributed by atoms with Gasteiger partial charge in [0.2, 0.25) is 0 Å². The van der Waals surface area contributed by atoms with Crippen molar-refractivity contribution in [1.82, 2.24) is 10.2 Å². The number of rotatable bonds is 8. The summed E-state index contributed by atoms with van der Waals surface area (Å²) in [6.45, 7) is 8.13. The Hall–Kier alpha value is -0.160. The van der Waals surface area contributed by atoms with E-state index in [1.807, 2.05) is 0 Å². The number of hydrogen-bond donors (Lipinski definition) is 1. The van der Waals surface area contributed by atoms with Crippen LogP contribution < -0.4 is 5.32 Å². The Kier molecular flexibility index (Phi) is 7.83. The van der Waals surface area contributed by atoms with Gasteiger partial charge < -0.3 is 14.8 Å². The maximum absolute atomic E-state index is 5.30. The lowest BCUT2D eigenvalue weighted by Gasteiger charge is -2.26. The Balaban J connectivity index is 1.79. The van der Waals surface area contributed by atoms with Gasteiger partial charge in [-0.25, -0.2) is 0 Å². The molecule has 0 atom stereocenters. The van der Waals surface area contributed by atoms with Crippen molar-refractivity contribution in [3.8, 4) is 0 Å². The fourth-order valence-corrected chi connectivity index (χ4v) is 1.71. The monoisotopic (exact) mass is 216 g/mol. The van der Waals surface area contributed by atoms with Crippen molar-refractivity contribution in [2.45, 2.75) is 12.8 Å². The van der Waals surface area contributed by atoms with Crippen LogP contribution in [0.2, 0.25) is 0 Å². The summed E-state index contributed by atoms with van der Waals surface area (Å²) in [6.07, 6.45) is 2.53. The predicted octanol–water partition coefficient (Wildman–Crippen LogP) is 0.335. The summed E-state index contributed by atoms with van der Waals surface area (Å²) >= 11 is 0. The zero-order valence-corrected chi connectivity index (χ0v) is 9.83. The average molecular weight is 216 g/mol. The van der Waals surface area contributed by atoms with Gasteiger partial charge in [0.05, 0.1) is 19.8 Å².